The molecule has 1 fully saturated rings. The van der Waals surface area contributed by atoms with Crippen molar-refractivity contribution in [2.75, 3.05) is 6.61 Å². The van der Waals surface area contributed by atoms with Crippen LogP contribution in [0.4, 0.5) is 5.69 Å². The van der Waals surface area contributed by atoms with E-state index in [1.807, 2.05) is 30.3 Å². The quantitative estimate of drug-likeness (QED) is 0.304. The topological polar surface area (TPSA) is 106 Å². The van der Waals surface area contributed by atoms with Gasteiger partial charge in [-0.05, 0) is 24.3 Å². The van der Waals surface area contributed by atoms with Crippen LogP contribution in [0, 0.1) is 21.4 Å². The average Bonchev–Trinajstić information content (AvgIpc) is 3.51. The molecule has 2 aromatic heterocycles. The Morgan fingerprint density at radius 1 is 1.17 bits per heavy atom. The third-order valence-electron chi connectivity index (χ3n) is 5.15. The SMILES string of the molecule is N#Cc1cc2c(c3ccccc3n2CC2CO2)n(-c2ccc([N+](=O)[O-])cc2)c1=O. The number of nitro groups is 1. The molecule has 3 heterocycles. The van der Waals surface area contributed by atoms with Gasteiger partial charge in [0.05, 0.1) is 40.7 Å². The summed E-state index contributed by atoms with van der Waals surface area (Å²) in [7, 11) is 0. The number of non-ortho nitro benzene ring substituents is 1. The van der Waals surface area contributed by atoms with Gasteiger partial charge in [0.1, 0.15) is 11.6 Å². The number of pyridine rings is 1. The maximum atomic E-state index is 13.1. The number of nitrogens with zero attached hydrogens (tertiary/aromatic N) is 4. The normalized spacial score (nSPS) is 15.5. The van der Waals surface area contributed by atoms with Gasteiger partial charge < -0.3 is 9.30 Å². The molecule has 8 nitrogen and oxygen atoms in total. The molecule has 4 aromatic rings. The number of benzene rings is 2. The second kappa shape index (κ2) is 6.29. The third kappa shape index (κ3) is 2.68. The van der Waals surface area contributed by atoms with Crippen LogP contribution in [0.15, 0.2) is 59.4 Å². The van der Waals surface area contributed by atoms with Crippen molar-refractivity contribution in [1.29, 1.82) is 5.26 Å². The van der Waals surface area contributed by atoms with Crippen molar-refractivity contribution in [3.05, 3.63) is 80.6 Å². The smallest absolute Gasteiger partial charge is 0.273 e. The van der Waals surface area contributed by atoms with E-state index in [2.05, 4.69) is 4.57 Å². The second-order valence-electron chi connectivity index (χ2n) is 6.90. The molecule has 1 atom stereocenters. The zero-order valence-electron chi connectivity index (χ0n) is 15.1. The lowest BCUT2D eigenvalue weighted by molar-refractivity contribution is -0.384. The summed E-state index contributed by atoms with van der Waals surface area (Å²) in [6.07, 6.45) is 0.110. The monoisotopic (exact) mass is 386 g/mol. The largest absolute Gasteiger partial charge is 0.371 e. The van der Waals surface area contributed by atoms with Gasteiger partial charge >= 0.3 is 0 Å². The van der Waals surface area contributed by atoms with Crippen LogP contribution < -0.4 is 5.56 Å². The molecule has 0 spiro atoms. The lowest BCUT2D eigenvalue weighted by atomic mass is 10.2. The molecule has 29 heavy (non-hydrogen) atoms. The van der Waals surface area contributed by atoms with E-state index in [0.29, 0.717) is 24.4 Å². The summed E-state index contributed by atoms with van der Waals surface area (Å²) >= 11 is 0. The Hall–Kier alpha value is -3.96. The molecule has 1 aliphatic heterocycles. The molecule has 0 saturated carbocycles. The van der Waals surface area contributed by atoms with E-state index in [-0.39, 0.29) is 17.4 Å². The van der Waals surface area contributed by atoms with Gasteiger partial charge in [-0.2, -0.15) is 5.26 Å². The standard InChI is InChI=1S/C21H14N4O4/c22-10-13-9-19-20(17-3-1-2-4-18(17)23(19)11-16-12-29-16)24(21(13)26)14-5-7-15(8-6-14)25(27)28/h1-9,16H,11-12H2. The van der Waals surface area contributed by atoms with Gasteiger partial charge in [0.25, 0.3) is 11.2 Å². The first-order valence-corrected chi connectivity index (χ1v) is 9.02. The minimum absolute atomic E-state index is 0.0108. The summed E-state index contributed by atoms with van der Waals surface area (Å²) in [5.74, 6) is 0. The van der Waals surface area contributed by atoms with Gasteiger partial charge in [-0.15, -0.1) is 0 Å². The van der Waals surface area contributed by atoms with Crippen LogP contribution in [0.2, 0.25) is 0 Å². The van der Waals surface area contributed by atoms with Crippen LogP contribution in [0.5, 0.6) is 0 Å². The summed E-state index contributed by atoms with van der Waals surface area (Å²) < 4.78 is 8.91. The molecule has 1 aliphatic rings. The number of hydrogen-bond acceptors (Lipinski definition) is 5. The Morgan fingerprint density at radius 3 is 2.55 bits per heavy atom. The summed E-state index contributed by atoms with van der Waals surface area (Å²) in [4.78, 5) is 23.6. The van der Waals surface area contributed by atoms with Crippen molar-refractivity contribution in [3.63, 3.8) is 0 Å². The number of epoxide rings is 1. The fourth-order valence-corrected chi connectivity index (χ4v) is 3.73. The number of para-hydroxylation sites is 1. The minimum atomic E-state index is -0.491. The Morgan fingerprint density at radius 2 is 1.90 bits per heavy atom. The van der Waals surface area contributed by atoms with Crippen molar-refractivity contribution < 1.29 is 9.66 Å². The van der Waals surface area contributed by atoms with Crippen molar-refractivity contribution in [1.82, 2.24) is 9.13 Å². The highest BCUT2D eigenvalue weighted by Crippen LogP contribution is 2.32. The molecule has 0 N–H and O–H groups in total. The molecule has 8 heteroatoms. The number of ether oxygens (including phenoxy) is 1. The third-order valence-corrected chi connectivity index (χ3v) is 5.15. The zero-order valence-corrected chi connectivity index (χ0v) is 15.1. The van der Waals surface area contributed by atoms with Gasteiger partial charge in [0.15, 0.2) is 0 Å². The molecular weight excluding hydrogens is 372 g/mol. The van der Waals surface area contributed by atoms with Crippen molar-refractivity contribution in [2.24, 2.45) is 0 Å². The van der Waals surface area contributed by atoms with E-state index in [9.17, 15) is 20.2 Å². The van der Waals surface area contributed by atoms with Crippen LogP contribution in [0.25, 0.3) is 27.6 Å². The van der Waals surface area contributed by atoms with Gasteiger partial charge in [0, 0.05) is 23.2 Å². The van der Waals surface area contributed by atoms with E-state index < -0.39 is 10.5 Å². The maximum absolute atomic E-state index is 13.1. The predicted molar refractivity (Wildman–Crippen MR) is 106 cm³/mol. The van der Waals surface area contributed by atoms with Crippen LogP contribution in [0.1, 0.15) is 5.56 Å². The Bertz CT molecular complexity index is 1390. The molecule has 0 aliphatic carbocycles. The molecule has 0 amide bonds. The first-order chi connectivity index (χ1) is 14.1. The highest BCUT2D eigenvalue weighted by atomic mass is 16.6. The number of fused-ring (bicyclic) bond motifs is 3. The molecule has 2 aromatic carbocycles. The number of rotatable bonds is 4. The van der Waals surface area contributed by atoms with Crippen LogP contribution in [0.3, 0.4) is 0 Å². The molecule has 0 bridgehead atoms. The number of aromatic nitrogens is 2. The first kappa shape index (κ1) is 17.2. The summed E-state index contributed by atoms with van der Waals surface area (Å²) in [6.45, 7) is 1.30. The van der Waals surface area contributed by atoms with Gasteiger partial charge in [0.2, 0.25) is 0 Å². The molecule has 5 rings (SSSR count). The Kier molecular flexibility index (Phi) is 3.72. The van der Waals surface area contributed by atoms with Gasteiger partial charge in [-0.25, -0.2) is 0 Å². The lowest BCUT2D eigenvalue weighted by Gasteiger charge is -2.10. The van der Waals surface area contributed by atoms with E-state index in [1.165, 1.54) is 28.8 Å². The fraction of sp³-hybridized carbons (Fsp3) is 0.143. The van der Waals surface area contributed by atoms with E-state index in [4.69, 9.17) is 4.74 Å². The van der Waals surface area contributed by atoms with Crippen LogP contribution >= 0.6 is 0 Å². The second-order valence-corrected chi connectivity index (χ2v) is 6.90. The van der Waals surface area contributed by atoms with Crippen LogP contribution in [-0.4, -0.2) is 26.8 Å². The van der Waals surface area contributed by atoms with Crippen molar-refractivity contribution in [3.8, 4) is 11.8 Å². The van der Waals surface area contributed by atoms with E-state index >= 15 is 0 Å². The van der Waals surface area contributed by atoms with Crippen molar-refractivity contribution in [2.45, 2.75) is 12.6 Å². The highest BCUT2D eigenvalue weighted by Gasteiger charge is 2.26. The highest BCUT2D eigenvalue weighted by molar-refractivity contribution is 6.07. The average molecular weight is 386 g/mol. The summed E-state index contributed by atoms with van der Waals surface area (Å²) in [6, 6.07) is 17.1. The number of nitriles is 1. The van der Waals surface area contributed by atoms with E-state index in [0.717, 1.165) is 16.4 Å². The summed E-state index contributed by atoms with van der Waals surface area (Å²) in [5.41, 5.74) is 2.30. The molecule has 1 saturated heterocycles. The van der Waals surface area contributed by atoms with Crippen LogP contribution in [-0.2, 0) is 11.3 Å². The fourth-order valence-electron chi connectivity index (χ4n) is 3.73. The van der Waals surface area contributed by atoms with Gasteiger partial charge in [-0.1, -0.05) is 18.2 Å². The lowest BCUT2D eigenvalue weighted by Crippen LogP contribution is -2.21. The Balaban J connectivity index is 1.89. The number of nitro benzene ring substituents is 1. The zero-order chi connectivity index (χ0) is 20.1. The van der Waals surface area contributed by atoms with Gasteiger partial charge in [-0.3, -0.25) is 19.5 Å². The maximum Gasteiger partial charge on any atom is 0.273 e. The van der Waals surface area contributed by atoms with E-state index in [1.54, 1.807) is 6.07 Å². The molecule has 1 unspecified atom stereocenters. The Labute approximate surface area is 163 Å². The summed E-state index contributed by atoms with van der Waals surface area (Å²) in [5, 5.41) is 21.4. The number of hydrogen-bond donors (Lipinski definition) is 0. The molecule has 0 radical (unpaired) electrons. The first-order valence-electron chi connectivity index (χ1n) is 9.02. The van der Waals surface area contributed by atoms with Crippen molar-refractivity contribution >= 4 is 27.6 Å². The molecular formula is C21H14N4O4. The predicted octanol–water partition coefficient (Wildman–Crippen LogP) is 3.12. The molecule has 142 valence electrons. The minimum Gasteiger partial charge on any atom is -0.371 e.